The molecule has 1 aliphatic carbocycles. The number of aryl methyl sites for hydroxylation is 1. The van der Waals surface area contributed by atoms with Gasteiger partial charge in [0.2, 0.25) is 0 Å². The van der Waals surface area contributed by atoms with Crippen LogP contribution in [0.15, 0.2) is 30.6 Å². The molecule has 1 N–H and O–H groups in total. The summed E-state index contributed by atoms with van der Waals surface area (Å²) in [6.45, 7) is 0. The molecule has 6 nitrogen and oxygen atoms in total. The van der Waals surface area contributed by atoms with E-state index in [4.69, 9.17) is 21.1 Å². The molecular formula is C23H27ClN2O4. The van der Waals surface area contributed by atoms with Gasteiger partial charge in [-0.3, -0.25) is 9.59 Å². The highest BCUT2D eigenvalue weighted by Gasteiger charge is 2.51. The van der Waals surface area contributed by atoms with Crippen LogP contribution in [-0.2, 0) is 27.2 Å². The number of carbonyl (C=O) groups excluding carboxylic acids is 2. The van der Waals surface area contributed by atoms with Crippen molar-refractivity contribution in [3.63, 3.8) is 0 Å². The third kappa shape index (κ3) is 4.24. The second-order valence-corrected chi connectivity index (χ2v) is 8.78. The first-order valence-corrected chi connectivity index (χ1v) is 10.9. The lowest BCUT2D eigenvalue weighted by Crippen LogP contribution is -2.52. The molecule has 2 unspecified atom stereocenters. The number of ketones is 1. The molecule has 1 aliphatic heterocycles. The third-order valence-corrected chi connectivity index (χ3v) is 6.85. The number of nitrogens with zero attached hydrogens (tertiary/aromatic N) is 1. The van der Waals surface area contributed by atoms with Crippen LogP contribution in [0.25, 0.3) is 0 Å². The minimum absolute atomic E-state index is 0.0395. The fourth-order valence-electron chi connectivity index (χ4n) is 4.90. The molecule has 160 valence electrons. The van der Waals surface area contributed by atoms with E-state index in [1.165, 1.54) is 0 Å². The van der Waals surface area contributed by atoms with E-state index in [0.29, 0.717) is 29.4 Å². The second kappa shape index (κ2) is 8.80. The smallest absolute Gasteiger partial charge is 0.317 e. The minimum Gasteiger partial charge on any atom is -0.495 e. The van der Waals surface area contributed by atoms with E-state index in [2.05, 4.69) is 9.97 Å². The van der Waals surface area contributed by atoms with Gasteiger partial charge in [-0.1, -0.05) is 30.5 Å². The predicted molar refractivity (Wildman–Crippen MR) is 113 cm³/mol. The number of ether oxygens (including phenoxy) is 2. The van der Waals surface area contributed by atoms with Crippen molar-refractivity contribution in [3.8, 4) is 5.75 Å². The molecule has 0 amide bonds. The molecule has 4 rings (SSSR count). The van der Waals surface area contributed by atoms with Crippen LogP contribution in [0.5, 0.6) is 5.75 Å². The number of carbonyl (C=O) groups is 2. The summed E-state index contributed by atoms with van der Waals surface area (Å²) in [4.78, 5) is 33.1. The van der Waals surface area contributed by atoms with Crippen LogP contribution in [0.4, 0.5) is 0 Å². The van der Waals surface area contributed by atoms with Gasteiger partial charge < -0.3 is 14.5 Å². The molecule has 2 fully saturated rings. The number of cyclic esters (lactones) is 1. The molecular weight excluding hydrogens is 404 g/mol. The Hall–Kier alpha value is -2.34. The average Bonchev–Trinajstić information content (AvgIpc) is 3.44. The van der Waals surface area contributed by atoms with Gasteiger partial charge in [0.25, 0.3) is 0 Å². The second-order valence-electron chi connectivity index (χ2n) is 8.37. The summed E-state index contributed by atoms with van der Waals surface area (Å²) in [7, 11) is 1.59. The van der Waals surface area contributed by atoms with Gasteiger partial charge in [-0.05, 0) is 49.3 Å². The van der Waals surface area contributed by atoms with Gasteiger partial charge in [0.15, 0.2) is 5.78 Å². The molecule has 0 spiro atoms. The van der Waals surface area contributed by atoms with E-state index in [0.717, 1.165) is 31.2 Å². The standard InChI is InChI=1S/C23H27ClN2O4/c1-29-20-7-6-15(12-18(20)24)8-9-23(16-4-2-3-5-16)14-19(27)17(22(28)30-23)13-21-25-10-11-26-21/h6-7,10-12,16-17H,2-5,8-9,13-14H2,1H3,(H,25,26). The van der Waals surface area contributed by atoms with Gasteiger partial charge >= 0.3 is 5.97 Å². The van der Waals surface area contributed by atoms with Crippen LogP contribution in [0.1, 0.15) is 49.9 Å². The Morgan fingerprint density at radius 1 is 1.30 bits per heavy atom. The van der Waals surface area contributed by atoms with Crippen molar-refractivity contribution in [2.75, 3.05) is 7.11 Å². The maximum atomic E-state index is 13.1. The van der Waals surface area contributed by atoms with E-state index in [-0.39, 0.29) is 24.5 Å². The lowest BCUT2D eigenvalue weighted by atomic mass is 9.73. The molecule has 2 aliphatic rings. The molecule has 1 aromatic carbocycles. The van der Waals surface area contributed by atoms with Crippen LogP contribution in [-0.4, -0.2) is 34.4 Å². The SMILES string of the molecule is COc1ccc(CCC2(C3CCCC3)CC(=O)C(Cc3ncc[nH]3)C(=O)O2)cc1Cl. The predicted octanol–water partition coefficient (Wildman–Crippen LogP) is 4.31. The average molecular weight is 431 g/mol. The maximum absolute atomic E-state index is 13.1. The summed E-state index contributed by atoms with van der Waals surface area (Å²) < 4.78 is 11.4. The summed E-state index contributed by atoms with van der Waals surface area (Å²) in [6, 6.07) is 5.70. The van der Waals surface area contributed by atoms with E-state index in [1.807, 2.05) is 18.2 Å². The lowest BCUT2D eigenvalue weighted by Gasteiger charge is -2.43. The van der Waals surface area contributed by atoms with Crippen LogP contribution < -0.4 is 4.74 Å². The fourth-order valence-corrected chi connectivity index (χ4v) is 5.18. The first kappa shape index (κ1) is 20.9. The molecule has 1 aromatic heterocycles. The number of halogens is 1. The first-order valence-electron chi connectivity index (χ1n) is 10.6. The highest BCUT2D eigenvalue weighted by molar-refractivity contribution is 6.32. The van der Waals surface area contributed by atoms with Crippen LogP contribution >= 0.6 is 11.6 Å². The van der Waals surface area contributed by atoms with Gasteiger partial charge in [0, 0.05) is 25.2 Å². The van der Waals surface area contributed by atoms with E-state index < -0.39 is 17.5 Å². The van der Waals surface area contributed by atoms with E-state index >= 15 is 0 Å². The Balaban J connectivity index is 1.52. The Morgan fingerprint density at radius 3 is 2.73 bits per heavy atom. The Kier molecular flexibility index (Phi) is 6.14. The van der Waals surface area contributed by atoms with Crippen molar-refractivity contribution < 1.29 is 19.1 Å². The van der Waals surface area contributed by atoms with Crippen molar-refractivity contribution in [1.82, 2.24) is 9.97 Å². The summed E-state index contributed by atoms with van der Waals surface area (Å²) in [5.74, 6) is 0.256. The molecule has 2 aromatic rings. The highest BCUT2D eigenvalue weighted by Crippen LogP contribution is 2.45. The molecule has 7 heteroatoms. The van der Waals surface area contributed by atoms with Gasteiger partial charge in [0.1, 0.15) is 23.1 Å². The number of H-pyrrole nitrogens is 1. The highest BCUT2D eigenvalue weighted by atomic mass is 35.5. The number of rotatable bonds is 7. The molecule has 2 atom stereocenters. The zero-order chi connectivity index (χ0) is 21.1. The van der Waals surface area contributed by atoms with Gasteiger partial charge in [0.05, 0.1) is 12.1 Å². The molecule has 0 radical (unpaired) electrons. The molecule has 1 saturated heterocycles. The zero-order valence-corrected chi connectivity index (χ0v) is 17.9. The number of nitrogens with one attached hydrogen (secondary N) is 1. The monoisotopic (exact) mass is 430 g/mol. The summed E-state index contributed by atoms with van der Waals surface area (Å²) >= 11 is 6.27. The Labute approximate surface area is 181 Å². The van der Waals surface area contributed by atoms with Crippen molar-refractivity contribution in [2.24, 2.45) is 11.8 Å². The number of esters is 1. The van der Waals surface area contributed by atoms with Gasteiger partial charge in [-0.15, -0.1) is 0 Å². The summed E-state index contributed by atoms with van der Waals surface area (Å²) in [6.07, 6.45) is 9.37. The topological polar surface area (TPSA) is 81.3 Å². The largest absolute Gasteiger partial charge is 0.495 e. The summed E-state index contributed by atoms with van der Waals surface area (Å²) in [5, 5.41) is 0.556. The number of Topliss-reactive ketones (excluding diaryl/α,β-unsaturated/α-hetero) is 1. The molecule has 0 bridgehead atoms. The van der Waals surface area contributed by atoms with Crippen molar-refractivity contribution in [2.45, 2.75) is 57.0 Å². The summed E-state index contributed by atoms with van der Waals surface area (Å²) in [5.41, 5.74) is 0.316. The first-order chi connectivity index (χ1) is 14.5. The van der Waals surface area contributed by atoms with Crippen LogP contribution in [0.2, 0.25) is 5.02 Å². The Morgan fingerprint density at radius 2 is 2.10 bits per heavy atom. The molecule has 2 heterocycles. The van der Waals surface area contributed by atoms with Crippen LogP contribution in [0.3, 0.4) is 0 Å². The number of methoxy groups -OCH3 is 1. The van der Waals surface area contributed by atoms with E-state index in [9.17, 15) is 9.59 Å². The molecule has 30 heavy (non-hydrogen) atoms. The lowest BCUT2D eigenvalue weighted by molar-refractivity contribution is -0.185. The quantitative estimate of drug-likeness (QED) is 0.523. The van der Waals surface area contributed by atoms with E-state index in [1.54, 1.807) is 19.5 Å². The number of imidazole rings is 1. The fraction of sp³-hybridized carbons (Fsp3) is 0.522. The normalized spacial score (nSPS) is 24.8. The van der Waals surface area contributed by atoms with Crippen LogP contribution in [0, 0.1) is 11.8 Å². The Bertz CT molecular complexity index is 888. The number of aromatic amines is 1. The van der Waals surface area contributed by atoms with Gasteiger partial charge in [-0.25, -0.2) is 4.98 Å². The van der Waals surface area contributed by atoms with Crippen molar-refractivity contribution in [1.29, 1.82) is 0 Å². The van der Waals surface area contributed by atoms with Gasteiger partial charge in [-0.2, -0.15) is 0 Å². The van der Waals surface area contributed by atoms with Crippen molar-refractivity contribution >= 4 is 23.4 Å². The number of hydrogen-bond donors (Lipinski definition) is 1. The number of hydrogen-bond acceptors (Lipinski definition) is 5. The minimum atomic E-state index is -0.777. The maximum Gasteiger partial charge on any atom is 0.317 e. The molecule has 1 saturated carbocycles. The number of aromatic nitrogens is 2. The van der Waals surface area contributed by atoms with Crippen molar-refractivity contribution in [3.05, 3.63) is 47.0 Å². The third-order valence-electron chi connectivity index (χ3n) is 6.56. The number of benzene rings is 1. The zero-order valence-electron chi connectivity index (χ0n) is 17.2.